The van der Waals surface area contributed by atoms with Crippen LogP contribution in [0.4, 0.5) is 0 Å². The van der Waals surface area contributed by atoms with Crippen molar-refractivity contribution in [1.29, 1.82) is 0 Å². The minimum Gasteiger partial charge on any atom is -0.464 e. The van der Waals surface area contributed by atoms with Crippen molar-refractivity contribution >= 4 is 51.2 Å². The topological polar surface area (TPSA) is 165 Å². The van der Waals surface area contributed by atoms with Gasteiger partial charge in [-0.15, -0.1) is 5.10 Å². The molecule has 0 spiro atoms. The lowest BCUT2D eigenvalue weighted by Gasteiger charge is -2.43. The zero-order valence-electron chi connectivity index (χ0n) is 37.0. The summed E-state index contributed by atoms with van der Waals surface area (Å²) in [5.41, 5.74) is -4.62. The van der Waals surface area contributed by atoms with Gasteiger partial charge in [0.1, 0.15) is 32.2 Å². The Labute approximate surface area is 349 Å². The van der Waals surface area contributed by atoms with Crippen LogP contribution in [0.1, 0.15) is 120 Å². The Morgan fingerprint density at radius 2 is 1.32 bits per heavy atom. The summed E-state index contributed by atoms with van der Waals surface area (Å²) in [6, 6.07) is 0.419. The van der Waals surface area contributed by atoms with Gasteiger partial charge < -0.3 is 23.7 Å². The largest absolute Gasteiger partial charge is 0.464 e. The van der Waals surface area contributed by atoms with Gasteiger partial charge in [-0.1, -0.05) is 33.7 Å². The van der Waals surface area contributed by atoms with Crippen LogP contribution in [0.25, 0.3) is 0 Å². The number of carbonyl (C=O) groups excluding carboxylic acids is 5. The van der Waals surface area contributed by atoms with Gasteiger partial charge in [0.15, 0.2) is 0 Å². The van der Waals surface area contributed by atoms with Gasteiger partial charge in [0, 0.05) is 50.5 Å². The minimum atomic E-state index is -1.45. The van der Waals surface area contributed by atoms with Crippen LogP contribution in [0.2, 0.25) is 0 Å². The first kappa shape index (κ1) is 52.3. The van der Waals surface area contributed by atoms with Gasteiger partial charge in [0.25, 0.3) is 0 Å². The number of ketones is 1. The standard InChI is InChI=1S/C41H72N4O10S2/c1-14-33(46)16-15-17-39(9,35(48)54-23-22-51-12)28-41(11,37(50)55-24-25-57-56-13)29-40(10,36(49)53-21-19-45(30(2)3)31(4)5)27-38(7,8)34(47)52-20-18-44-26-32(6)42-43-44/h26,30-31H,14-25,27-29H2,1-13H3. The number of carbonyl (C=O) groups is 5. The highest BCUT2D eigenvalue weighted by Gasteiger charge is 2.54. The lowest BCUT2D eigenvalue weighted by molar-refractivity contribution is -0.172. The molecule has 16 heteroatoms. The second kappa shape index (κ2) is 25.1. The predicted molar refractivity (Wildman–Crippen MR) is 225 cm³/mol. The van der Waals surface area contributed by atoms with Gasteiger partial charge in [0.05, 0.1) is 40.5 Å². The third-order valence-corrected chi connectivity index (χ3v) is 11.9. The van der Waals surface area contributed by atoms with Crippen molar-refractivity contribution < 1.29 is 47.7 Å². The number of nitrogens with zero attached hydrogens (tertiary/aromatic N) is 4. The van der Waals surface area contributed by atoms with Crippen molar-refractivity contribution in [2.75, 3.05) is 58.7 Å². The van der Waals surface area contributed by atoms with Crippen LogP contribution >= 0.6 is 21.6 Å². The van der Waals surface area contributed by atoms with Crippen molar-refractivity contribution in [2.24, 2.45) is 21.7 Å². The number of rotatable bonds is 30. The average Bonchev–Trinajstić information content (AvgIpc) is 3.55. The lowest BCUT2D eigenvalue weighted by atomic mass is 9.61. The van der Waals surface area contributed by atoms with E-state index in [1.165, 1.54) is 17.9 Å². The molecule has 0 fully saturated rings. The quantitative estimate of drug-likeness (QED) is 0.0340. The molecule has 0 N–H and O–H groups in total. The van der Waals surface area contributed by atoms with E-state index in [-0.39, 0.29) is 83.0 Å². The third kappa shape index (κ3) is 18.0. The van der Waals surface area contributed by atoms with E-state index in [0.717, 1.165) is 5.69 Å². The average molecular weight is 845 g/mol. The van der Waals surface area contributed by atoms with Gasteiger partial charge in [-0.3, -0.25) is 28.9 Å². The number of ether oxygens (including phenoxy) is 5. The highest BCUT2D eigenvalue weighted by atomic mass is 33.1. The zero-order chi connectivity index (χ0) is 43.5. The molecule has 3 unspecified atom stereocenters. The lowest BCUT2D eigenvalue weighted by Crippen LogP contribution is -2.48. The van der Waals surface area contributed by atoms with Crippen molar-refractivity contribution in [3.05, 3.63) is 11.9 Å². The molecule has 3 atom stereocenters. The van der Waals surface area contributed by atoms with Crippen LogP contribution in [-0.2, 0) is 54.2 Å². The summed E-state index contributed by atoms with van der Waals surface area (Å²) >= 11 is 0. The maximum absolute atomic E-state index is 14.5. The molecule has 14 nitrogen and oxygen atoms in total. The molecule has 0 aliphatic carbocycles. The fraction of sp³-hybridized carbons (Fsp3) is 0.829. The molecule has 328 valence electrons. The molecule has 0 aromatic carbocycles. The second-order valence-electron chi connectivity index (χ2n) is 16.9. The highest BCUT2D eigenvalue weighted by molar-refractivity contribution is 8.76. The van der Waals surface area contributed by atoms with E-state index in [2.05, 4.69) is 42.9 Å². The van der Waals surface area contributed by atoms with Crippen LogP contribution in [0.3, 0.4) is 0 Å². The summed E-state index contributed by atoms with van der Waals surface area (Å²) in [5.74, 6) is -1.64. The molecule has 1 aromatic heterocycles. The van der Waals surface area contributed by atoms with Crippen molar-refractivity contribution in [3.8, 4) is 0 Å². The smallest absolute Gasteiger partial charge is 0.311 e. The summed E-state index contributed by atoms with van der Waals surface area (Å²) in [7, 11) is 4.59. The molecule has 0 amide bonds. The van der Waals surface area contributed by atoms with Crippen LogP contribution in [0.5, 0.6) is 0 Å². The van der Waals surface area contributed by atoms with E-state index < -0.39 is 45.5 Å². The SMILES string of the molecule is CCC(=O)CCCC(C)(CC(C)(CC(C)(CC(C)(C)C(=O)OCCn1cc(C)nn1)C(=O)OCCN(C(C)C)C(C)C)C(=O)OCCSSC)C(=O)OCCOC. The first-order chi connectivity index (χ1) is 26.6. The minimum absolute atomic E-state index is 0.00646. The molecular formula is C41H72N4O10S2. The number of aromatic nitrogens is 3. The van der Waals surface area contributed by atoms with Crippen LogP contribution in [0.15, 0.2) is 6.20 Å². The fourth-order valence-corrected chi connectivity index (χ4v) is 8.60. The summed E-state index contributed by atoms with van der Waals surface area (Å²) in [5, 5.41) is 7.98. The molecule has 0 radical (unpaired) electrons. The van der Waals surface area contributed by atoms with E-state index in [1.807, 2.05) is 13.2 Å². The van der Waals surface area contributed by atoms with Gasteiger partial charge in [-0.2, -0.15) is 0 Å². The van der Waals surface area contributed by atoms with Gasteiger partial charge in [-0.05, 0) is 108 Å². The van der Waals surface area contributed by atoms with Gasteiger partial charge in [-0.25, -0.2) is 4.68 Å². The number of methoxy groups -OCH3 is 1. The van der Waals surface area contributed by atoms with E-state index in [9.17, 15) is 24.0 Å². The van der Waals surface area contributed by atoms with E-state index in [0.29, 0.717) is 31.7 Å². The maximum Gasteiger partial charge on any atom is 0.311 e. The molecular weight excluding hydrogens is 773 g/mol. The van der Waals surface area contributed by atoms with Crippen LogP contribution in [-0.4, -0.2) is 120 Å². The Morgan fingerprint density at radius 3 is 1.86 bits per heavy atom. The number of aryl methyl sites for hydroxylation is 1. The predicted octanol–water partition coefficient (Wildman–Crippen LogP) is 6.90. The van der Waals surface area contributed by atoms with Crippen molar-refractivity contribution in [3.63, 3.8) is 0 Å². The second-order valence-corrected chi connectivity index (χ2v) is 19.6. The van der Waals surface area contributed by atoms with E-state index in [1.54, 1.807) is 63.2 Å². The Kier molecular flexibility index (Phi) is 23.0. The summed E-state index contributed by atoms with van der Waals surface area (Å²) < 4.78 is 30.0. The van der Waals surface area contributed by atoms with Crippen molar-refractivity contribution in [1.82, 2.24) is 19.9 Å². The molecule has 0 aliphatic rings. The number of hydrogen-bond acceptors (Lipinski definition) is 15. The normalized spacial score (nSPS) is 15.2. The molecule has 0 saturated heterocycles. The van der Waals surface area contributed by atoms with Gasteiger partial charge in [0.2, 0.25) is 0 Å². The highest BCUT2D eigenvalue weighted by Crippen LogP contribution is 2.50. The number of hydrogen-bond donors (Lipinski definition) is 0. The van der Waals surface area contributed by atoms with Crippen LogP contribution < -0.4 is 0 Å². The zero-order valence-corrected chi connectivity index (χ0v) is 38.7. The monoisotopic (exact) mass is 844 g/mol. The third-order valence-electron chi connectivity index (χ3n) is 10.2. The molecule has 1 aromatic rings. The molecule has 1 rings (SSSR count). The summed E-state index contributed by atoms with van der Waals surface area (Å²) in [4.78, 5) is 71.2. The summed E-state index contributed by atoms with van der Waals surface area (Å²) in [6.45, 7) is 21.7. The molecule has 57 heavy (non-hydrogen) atoms. The molecule has 0 aliphatic heterocycles. The van der Waals surface area contributed by atoms with E-state index >= 15 is 0 Å². The van der Waals surface area contributed by atoms with Gasteiger partial charge >= 0.3 is 23.9 Å². The van der Waals surface area contributed by atoms with Crippen LogP contribution in [0, 0.1) is 28.6 Å². The Hall–Kier alpha value is -2.69. The number of esters is 4. The summed E-state index contributed by atoms with van der Waals surface area (Å²) in [6.07, 6.45) is 4.75. The Bertz CT molecular complexity index is 1420. The number of Topliss-reactive ketones (excluding diaryl/α,β-unsaturated/α-hetero) is 1. The molecule has 0 bridgehead atoms. The van der Waals surface area contributed by atoms with Crippen molar-refractivity contribution in [2.45, 2.75) is 140 Å². The first-order valence-corrected chi connectivity index (χ1v) is 22.8. The first-order valence-electron chi connectivity index (χ1n) is 20.1. The van der Waals surface area contributed by atoms with E-state index in [4.69, 9.17) is 23.7 Å². The Balaban J connectivity index is 3.70. The maximum atomic E-state index is 14.5. The Morgan fingerprint density at radius 1 is 0.772 bits per heavy atom. The fourth-order valence-electron chi connectivity index (χ4n) is 7.58. The molecule has 0 saturated carbocycles. The molecule has 1 heterocycles.